The molecule has 2 heterocycles. The molecule has 1 aromatic rings. The summed E-state index contributed by atoms with van der Waals surface area (Å²) in [4.78, 5) is 26.8. The van der Waals surface area contributed by atoms with E-state index in [0.717, 1.165) is 32.0 Å². The number of halogens is 1. The molecule has 2 aliphatic heterocycles. The molecule has 0 N–H and O–H groups in total. The summed E-state index contributed by atoms with van der Waals surface area (Å²) in [6, 6.07) is 3.51. The molecule has 0 atom stereocenters. The Hall–Kier alpha value is -2.18. The van der Waals surface area contributed by atoms with Crippen LogP contribution in [0.1, 0.15) is 25.7 Å². The van der Waals surface area contributed by atoms with Crippen molar-refractivity contribution in [1.29, 1.82) is 0 Å². The van der Waals surface area contributed by atoms with Crippen LogP contribution in [0.2, 0.25) is 0 Å². The van der Waals surface area contributed by atoms with E-state index in [2.05, 4.69) is 0 Å². The number of carbonyl (C=O) groups excluding carboxylic acids is 1. The molecule has 1 amide bonds. The minimum absolute atomic E-state index is 0.0167. The van der Waals surface area contributed by atoms with Gasteiger partial charge in [0.15, 0.2) is 0 Å². The summed E-state index contributed by atoms with van der Waals surface area (Å²) in [6.07, 6.45) is 3.45. The smallest absolute Gasteiger partial charge is 0.292 e. The minimum atomic E-state index is -0.490. The molecule has 23 heavy (non-hydrogen) atoms. The van der Waals surface area contributed by atoms with E-state index in [1.165, 1.54) is 12.1 Å². The Morgan fingerprint density at radius 2 is 1.83 bits per heavy atom. The van der Waals surface area contributed by atoms with Crippen LogP contribution in [0.15, 0.2) is 18.2 Å². The Kier molecular flexibility index (Phi) is 4.45. The van der Waals surface area contributed by atoms with E-state index >= 15 is 0 Å². The molecular formula is C16H20FN3O3. The summed E-state index contributed by atoms with van der Waals surface area (Å²) < 4.78 is 13.5. The van der Waals surface area contributed by atoms with Crippen LogP contribution in [0, 0.1) is 21.8 Å². The van der Waals surface area contributed by atoms with Crippen LogP contribution in [-0.4, -0.2) is 41.9 Å². The number of nitro groups is 1. The average molecular weight is 321 g/mol. The number of nitro benzene ring substituents is 1. The van der Waals surface area contributed by atoms with Crippen LogP contribution in [-0.2, 0) is 4.79 Å². The Labute approximate surface area is 134 Å². The third-order valence-electron chi connectivity index (χ3n) is 4.74. The molecule has 124 valence electrons. The lowest BCUT2D eigenvalue weighted by atomic mass is 9.95. The lowest BCUT2D eigenvalue weighted by molar-refractivity contribution is -0.384. The fourth-order valence-corrected chi connectivity index (χ4v) is 3.47. The second kappa shape index (κ2) is 6.52. The Balaban J connectivity index is 1.68. The van der Waals surface area contributed by atoms with Crippen molar-refractivity contribution in [1.82, 2.24) is 4.90 Å². The lowest BCUT2D eigenvalue weighted by Gasteiger charge is -2.34. The van der Waals surface area contributed by atoms with Gasteiger partial charge < -0.3 is 9.80 Å². The van der Waals surface area contributed by atoms with Crippen LogP contribution in [0.25, 0.3) is 0 Å². The third-order valence-corrected chi connectivity index (χ3v) is 4.74. The maximum Gasteiger partial charge on any atom is 0.292 e. The highest BCUT2D eigenvalue weighted by atomic mass is 19.1. The fraction of sp³-hybridized carbons (Fsp3) is 0.562. The molecule has 0 unspecified atom stereocenters. The maximum absolute atomic E-state index is 13.5. The molecule has 2 saturated heterocycles. The molecule has 0 saturated carbocycles. The molecule has 0 aliphatic carbocycles. The summed E-state index contributed by atoms with van der Waals surface area (Å²) in [5.41, 5.74) is 0.220. The van der Waals surface area contributed by atoms with Crippen molar-refractivity contribution in [2.45, 2.75) is 25.7 Å². The highest BCUT2D eigenvalue weighted by Crippen LogP contribution is 2.32. The molecule has 0 bridgehead atoms. The summed E-state index contributed by atoms with van der Waals surface area (Å²) in [7, 11) is 0. The second-order valence-electron chi connectivity index (χ2n) is 6.18. The number of rotatable bonds is 3. The number of piperidine rings is 1. The van der Waals surface area contributed by atoms with Crippen molar-refractivity contribution in [2.24, 2.45) is 5.92 Å². The van der Waals surface area contributed by atoms with Gasteiger partial charge in [-0.15, -0.1) is 0 Å². The van der Waals surface area contributed by atoms with E-state index < -0.39 is 10.7 Å². The van der Waals surface area contributed by atoms with E-state index in [0.29, 0.717) is 31.6 Å². The van der Waals surface area contributed by atoms with Crippen molar-refractivity contribution in [2.75, 3.05) is 31.1 Å². The Bertz CT molecular complexity index is 609. The van der Waals surface area contributed by atoms with E-state index in [1.54, 1.807) is 0 Å². The Morgan fingerprint density at radius 3 is 2.43 bits per heavy atom. The van der Waals surface area contributed by atoms with Crippen LogP contribution in [0.5, 0.6) is 0 Å². The maximum atomic E-state index is 13.5. The first-order valence-electron chi connectivity index (χ1n) is 8.04. The monoisotopic (exact) mass is 321 g/mol. The van der Waals surface area contributed by atoms with Crippen molar-refractivity contribution < 1.29 is 14.1 Å². The minimum Gasteiger partial charge on any atom is -0.366 e. The highest BCUT2D eigenvalue weighted by molar-refractivity contribution is 5.79. The zero-order chi connectivity index (χ0) is 16.4. The molecule has 7 heteroatoms. The number of hydrogen-bond donors (Lipinski definition) is 0. The van der Waals surface area contributed by atoms with Crippen molar-refractivity contribution in [3.05, 3.63) is 34.1 Å². The van der Waals surface area contributed by atoms with Crippen LogP contribution >= 0.6 is 0 Å². The van der Waals surface area contributed by atoms with Crippen LogP contribution in [0.3, 0.4) is 0 Å². The number of likely N-dealkylation sites (tertiary alicyclic amines) is 1. The van der Waals surface area contributed by atoms with Gasteiger partial charge in [-0.25, -0.2) is 4.39 Å². The predicted molar refractivity (Wildman–Crippen MR) is 83.8 cm³/mol. The molecule has 3 rings (SSSR count). The molecule has 2 fully saturated rings. The van der Waals surface area contributed by atoms with Gasteiger partial charge in [-0.3, -0.25) is 14.9 Å². The number of hydrogen-bond acceptors (Lipinski definition) is 4. The zero-order valence-electron chi connectivity index (χ0n) is 12.9. The number of benzene rings is 1. The molecule has 0 spiro atoms. The van der Waals surface area contributed by atoms with Gasteiger partial charge in [0.2, 0.25) is 5.91 Å². The fourth-order valence-electron chi connectivity index (χ4n) is 3.47. The average Bonchev–Trinajstić information content (AvgIpc) is 3.08. The van der Waals surface area contributed by atoms with E-state index in [-0.39, 0.29) is 17.5 Å². The third kappa shape index (κ3) is 3.28. The highest BCUT2D eigenvalue weighted by Gasteiger charge is 2.31. The van der Waals surface area contributed by atoms with Gasteiger partial charge in [0.1, 0.15) is 11.5 Å². The summed E-state index contributed by atoms with van der Waals surface area (Å²) in [5, 5.41) is 11.1. The van der Waals surface area contributed by atoms with E-state index in [9.17, 15) is 19.3 Å². The molecule has 2 aliphatic rings. The van der Waals surface area contributed by atoms with Gasteiger partial charge in [0, 0.05) is 44.2 Å². The largest absolute Gasteiger partial charge is 0.366 e. The number of carbonyl (C=O) groups is 1. The molecule has 1 aromatic carbocycles. The van der Waals surface area contributed by atoms with E-state index in [1.807, 2.05) is 9.80 Å². The Morgan fingerprint density at radius 1 is 1.17 bits per heavy atom. The first-order chi connectivity index (χ1) is 11.1. The normalized spacial score (nSPS) is 19.2. The van der Waals surface area contributed by atoms with Crippen LogP contribution in [0.4, 0.5) is 15.8 Å². The van der Waals surface area contributed by atoms with Gasteiger partial charge >= 0.3 is 0 Å². The topological polar surface area (TPSA) is 66.7 Å². The summed E-state index contributed by atoms with van der Waals surface area (Å²) >= 11 is 0. The number of amides is 1. The quantitative estimate of drug-likeness (QED) is 0.634. The molecule has 0 aromatic heterocycles. The summed E-state index contributed by atoms with van der Waals surface area (Å²) in [5.74, 6) is -0.297. The molecule has 0 radical (unpaired) electrons. The molecule has 6 nitrogen and oxygen atoms in total. The second-order valence-corrected chi connectivity index (χ2v) is 6.18. The number of anilines is 1. The van der Waals surface area contributed by atoms with Gasteiger partial charge in [-0.1, -0.05) is 0 Å². The summed E-state index contributed by atoms with van der Waals surface area (Å²) in [6.45, 7) is 2.76. The SMILES string of the molecule is O=C(C1CCN(c2cc(F)ccc2[N+](=O)[O-])CC1)N1CCCC1. The van der Waals surface area contributed by atoms with Crippen molar-refractivity contribution in [3.8, 4) is 0 Å². The van der Waals surface area contributed by atoms with Crippen LogP contribution < -0.4 is 4.90 Å². The first-order valence-corrected chi connectivity index (χ1v) is 8.04. The molecular weight excluding hydrogens is 301 g/mol. The standard InChI is InChI=1S/C16H20FN3O3/c17-13-3-4-14(20(22)23)15(11-13)18-9-5-12(6-10-18)16(21)19-7-1-2-8-19/h3-4,11-12H,1-2,5-10H2. The first kappa shape index (κ1) is 15.7. The van der Waals surface area contributed by atoms with Gasteiger partial charge in [-0.2, -0.15) is 0 Å². The zero-order valence-corrected chi connectivity index (χ0v) is 12.9. The predicted octanol–water partition coefficient (Wildman–Crippen LogP) is 2.57. The van der Waals surface area contributed by atoms with E-state index in [4.69, 9.17) is 0 Å². The number of nitrogens with zero attached hydrogens (tertiary/aromatic N) is 3. The van der Waals surface area contributed by atoms with Gasteiger partial charge in [0.05, 0.1) is 4.92 Å². The van der Waals surface area contributed by atoms with Gasteiger partial charge in [0.25, 0.3) is 5.69 Å². The lowest BCUT2D eigenvalue weighted by Crippen LogP contribution is -2.41. The van der Waals surface area contributed by atoms with Gasteiger partial charge in [-0.05, 0) is 31.7 Å². The van der Waals surface area contributed by atoms with Crippen molar-refractivity contribution in [3.63, 3.8) is 0 Å². The van der Waals surface area contributed by atoms with Crippen molar-refractivity contribution >= 4 is 17.3 Å².